The minimum Gasteiger partial charge on any atom is -0.396 e. The van der Waals surface area contributed by atoms with Crippen LogP contribution in [0.4, 0.5) is 0 Å². The van der Waals surface area contributed by atoms with Crippen molar-refractivity contribution in [3.63, 3.8) is 0 Å². The van der Waals surface area contributed by atoms with Crippen molar-refractivity contribution < 1.29 is 9.90 Å². The first-order valence-corrected chi connectivity index (χ1v) is 6.33. The first kappa shape index (κ1) is 13.1. The molecular formula is C11H18N2O2S. The highest BCUT2D eigenvalue weighted by Gasteiger charge is 2.09. The third-order valence-corrected chi connectivity index (χ3v) is 3.26. The Bertz CT molecular complexity index is 336. The van der Waals surface area contributed by atoms with Gasteiger partial charge in [0.1, 0.15) is 0 Å². The summed E-state index contributed by atoms with van der Waals surface area (Å²) in [5, 5.41) is 14.3. The van der Waals surface area contributed by atoms with E-state index in [1.807, 2.05) is 5.38 Å². The number of aliphatic hydroxyl groups excluding tert-OH is 1. The van der Waals surface area contributed by atoms with Gasteiger partial charge in [-0.3, -0.25) is 4.79 Å². The van der Waals surface area contributed by atoms with Crippen molar-refractivity contribution in [3.8, 4) is 0 Å². The fraction of sp³-hybridized carbons (Fsp3) is 0.636. The number of aromatic nitrogens is 1. The average Bonchev–Trinajstić information content (AvgIpc) is 2.66. The summed E-state index contributed by atoms with van der Waals surface area (Å²) in [6.45, 7) is 4.80. The molecule has 5 heteroatoms. The summed E-state index contributed by atoms with van der Waals surface area (Å²) < 4.78 is 0. The van der Waals surface area contributed by atoms with Gasteiger partial charge in [0.2, 0.25) is 5.91 Å². The van der Waals surface area contributed by atoms with Gasteiger partial charge in [0.25, 0.3) is 0 Å². The van der Waals surface area contributed by atoms with Gasteiger partial charge >= 0.3 is 0 Å². The first-order chi connectivity index (χ1) is 7.63. The van der Waals surface area contributed by atoms with Crippen molar-refractivity contribution in [1.82, 2.24) is 10.3 Å². The molecule has 1 aromatic rings. The zero-order valence-corrected chi connectivity index (χ0v) is 10.5. The maximum atomic E-state index is 11.4. The van der Waals surface area contributed by atoms with Crippen molar-refractivity contribution >= 4 is 17.2 Å². The van der Waals surface area contributed by atoms with Gasteiger partial charge in [-0.2, -0.15) is 0 Å². The average molecular weight is 242 g/mol. The lowest BCUT2D eigenvalue weighted by molar-refractivity contribution is -0.120. The second-order valence-electron chi connectivity index (χ2n) is 3.94. The van der Waals surface area contributed by atoms with Crippen LogP contribution in [0.2, 0.25) is 0 Å². The van der Waals surface area contributed by atoms with E-state index < -0.39 is 0 Å². The molecule has 0 aliphatic rings. The molecule has 0 radical (unpaired) electrons. The molecule has 0 saturated carbocycles. The molecule has 16 heavy (non-hydrogen) atoms. The number of amides is 1. The Labute approximate surface area is 99.7 Å². The van der Waals surface area contributed by atoms with Gasteiger partial charge in [-0.05, 0) is 6.42 Å². The summed E-state index contributed by atoms with van der Waals surface area (Å²) in [5.41, 5.74) is 0.829. The van der Waals surface area contributed by atoms with E-state index in [0.717, 1.165) is 10.7 Å². The number of hydrogen-bond donors (Lipinski definition) is 2. The van der Waals surface area contributed by atoms with Gasteiger partial charge in [-0.25, -0.2) is 4.98 Å². The van der Waals surface area contributed by atoms with Crippen molar-refractivity contribution in [3.05, 3.63) is 16.1 Å². The van der Waals surface area contributed by atoms with E-state index >= 15 is 0 Å². The van der Waals surface area contributed by atoms with Crippen molar-refractivity contribution in [2.75, 3.05) is 13.2 Å². The Balaban J connectivity index is 2.37. The summed E-state index contributed by atoms with van der Waals surface area (Å²) in [6.07, 6.45) is 0.925. The van der Waals surface area contributed by atoms with E-state index in [1.54, 1.807) is 11.3 Å². The van der Waals surface area contributed by atoms with E-state index in [-0.39, 0.29) is 12.5 Å². The zero-order valence-electron chi connectivity index (χ0n) is 9.69. The van der Waals surface area contributed by atoms with Crippen LogP contribution in [0.3, 0.4) is 0 Å². The van der Waals surface area contributed by atoms with Crippen LogP contribution in [0.5, 0.6) is 0 Å². The minimum atomic E-state index is -0.0333. The zero-order chi connectivity index (χ0) is 12.0. The summed E-state index contributed by atoms with van der Waals surface area (Å²) in [5.74, 6) is 0.380. The van der Waals surface area contributed by atoms with Gasteiger partial charge in [-0.1, -0.05) is 13.8 Å². The van der Waals surface area contributed by atoms with Crippen molar-refractivity contribution in [1.29, 1.82) is 0 Å². The monoisotopic (exact) mass is 242 g/mol. The van der Waals surface area contributed by atoms with E-state index in [9.17, 15) is 4.79 Å². The molecule has 1 amide bonds. The first-order valence-electron chi connectivity index (χ1n) is 5.45. The number of carbonyl (C=O) groups is 1. The second-order valence-corrected chi connectivity index (χ2v) is 4.83. The number of hydrogen-bond acceptors (Lipinski definition) is 4. The molecule has 0 bridgehead atoms. The molecule has 0 fully saturated rings. The van der Waals surface area contributed by atoms with E-state index in [4.69, 9.17) is 5.11 Å². The summed E-state index contributed by atoms with van der Waals surface area (Å²) in [4.78, 5) is 15.8. The number of carbonyl (C=O) groups excluding carboxylic acids is 1. The minimum absolute atomic E-state index is 0.0333. The van der Waals surface area contributed by atoms with Crippen LogP contribution in [0.25, 0.3) is 0 Å². The predicted octanol–water partition coefficient (Wildman–Crippen LogP) is 1.31. The van der Waals surface area contributed by atoms with Gasteiger partial charge in [0, 0.05) is 24.4 Å². The molecule has 0 spiro atoms. The molecular weight excluding hydrogens is 224 g/mol. The molecule has 1 rings (SSSR count). The third-order valence-electron chi connectivity index (χ3n) is 2.06. The van der Waals surface area contributed by atoms with Gasteiger partial charge in [0.05, 0.1) is 17.1 Å². The number of nitrogens with one attached hydrogen (secondary N) is 1. The maximum absolute atomic E-state index is 11.4. The molecule has 0 atom stereocenters. The smallest absolute Gasteiger partial charge is 0.226 e. The van der Waals surface area contributed by atoms with Gasteiger partial charge in [0.15, 0.2) is 0 Å². The Morgan fingerprint density at radius 3 is 2.94 bits per heavy atom. The molecule has 0 saturated heterocycles. The number of nitrogens with zero attached hydrogens (tertiary/aromatic N) is 1. The molecule has 1 aromatic heterocycles. The fourth-order valence-electron chi connectivity index (χ4n) is 1.20. The van der Waals surface area contributed by atoms with E-state index in [2.05, 4.69) is 24.1 Å². The molecule has 90 valence electrons. The van der Waals surface area contributed by atoms with Crippen LogP contribution in [-0.2, 0) is 11.2 Å². The Morgan fingerprint density at radius 1 is 1.62 bits per heavy atom. The van der Waals surface area contributed by atoms with E-state index in [0.29, 0.717) is 25.3 Å². The highest BCUT2D eigenvalue weighted by atomic mass is 32.1. The van der Waals surface area contributed by atoms with Crippen molar-refractivity contribution in [2.45, 2.75) is 32.6 Å². The Kier molecular flexibility index (Phi) is 5.42. The Morgan fingerprint density at radius 2 is 2.38 bits per heavy atom. The molecule has 0 unspecified atom stereocenters. The summed E-state index contributed by atoms with van der Waals surface area (Å²) in [7, 11) is 0. The lowest BCUT2D eigenvalue weighted by Gasteiger charge is -2.02. The second kappa shape index (κ2) is 6.60. The standard InChI is InChI=1S/C11H18N2O2S/c1-8(2)11-13-9(7-16-11)6-10(15)12-4-3-5-14/h7-8,14H,3-6H2,1-2H3,(H,12,15). The lowest BCUT2D eigenvalue weighted by atomic mass is 10.2. The summed E-state index contributed by atoms with van der Waals surface area (Å²) >= 11 is 1.60. The highest BCUT2D eigenvalue weighted by molar-refractivity contribution is 7.09. The normalized spacial score (nSPS) is 10.8. The molecule has 0 aliphatic heterocycles. The van der Waals surface area contributed by atoms with Crippen LogP contribution in [0.15, 0.2) is 5.38 Å². The van der Waals surface area contributed by atoms with Crippen LogP contribution < -0.4 is 5.32 Å². The molecule has 1 heterocycles. The SMILES string of the molecule is CC(C)c1nc(CC(=O)NCCCO)cs1. The van der Waals surface area contributed by atoms with Gasteiger partial charge in [-0.15, -0.1) is 11.3 Å². The van der Waals surface area contributed by atoms with Crippen LogP contribution >= 0.6 is 11.3 Å². The number of rotatable bonds is 6. The number of thiazole rings is 1. The largest absolute Gasteiger partial charge is 0.396 e. The quantitative estimate of drug-likeness (QED) is 0.739. The van der Waals surface area contributed by atoms with Crippen molar-refractivity contribution in [2.24, 2.45) is 0 Å². The third kappa shape index (κ3) is 4.28. The molecule has 0 aromatic carbocycles. The van der Waals surface area contributed by atoms with Crippen LogP contribution in [0.1, 0.15) is 36.9 Å². The highest BCUT2D eigenvalue weighted by Crippen LogP contribution is 2.19. The molecule has 4 nitrogen and oxygen atoms in total. The topological polar surface area (TPSA) is 62.2 Å². The number of aliphatic hydroxyl groups is 1. The lowest BCUT2D eigenvalue weighted by Crippen LogP contribution is -2.26. The Hall–Kier alpha value is -0.940. The van der Waals surface area contributed by atoms with Crippen LogP contribution in [0, 0.1) is 0 Å². The molecule has 0 aliphatic carbocycles. The van der Waals surface area contributed by atoms with E-state index in [1.165, 1.54) is 0 Å². The molecule has 2 N–H and O–H groups in total. The van der Waals surface area contributed by atoms with Crippen LogP contribution in [-0.4, -0.2) is 29.1 Å². The predicted molar refractivity (Wildman–Crippen MR) is 64.6 cm³/mol. The summed E-state index contributed by atoms with van der Waals surface area (Å²) in [6, 6.07) is 0. The maximum Gasteiger partial charge on any atom is 0.226 e. The fourth-order valence-corrected chi connectivity index (χ4v) is 2.04. The van der Waals surface area contributed by atoms with Gasteiger partial charge < -0.3 is 10.4 Å².